The molecule has 2 rings (SSSR count). The molecule has 7 heteroatoms. The molecular weight excluding hydrogens is 270 g/mol. The van der Waals surface area contributed by atoms with E-state index in [2.05, 4.69) is 15.2 Å². The summed E-state index contributed by atoms with van der Waals surface area (Å²) in [5, 5.41) is 6.41. The first-order chi connectivity index (χ1) is 10.1. The first kappa shape index (κ1) is 14.7. The van der Waals surface area contributed by atoms with Gasteiger partial charge >= 0.3 is 0 Å². The number of rotatable bonds is 5. The number of carbonyl (C=O) groups is 2. The van der Waals surface area contributed by atoms with E-state index in [9.17, 15) is 9.59 Å². The number of likely N-dealkylation sites (N-methyl/N-ethyl adjacent to an activating group) is 2. The van der Waals surface area contributed by atoms with E-state index in [1.54, 1.807) is 38.4 Å². The third-order valence-corrected chi connectivity index (χ3v) is 3.02. The number of hydrogen-bond acceptors (Lipinski definition) is 4. The topological polar surface area (TPSA) is 82.2 Å². The number of carbonyl (C=O) groups excluding carboxylic acids is 2. The molecule has 0 unspecified atom stereocenters. The lowest BCUT2D eigenvalue weighted by molar-refractivity contribution is -0.131. The van der Waals surface area contributed by atoms with E-state index in [1.165, 1.54) is 16.1 Å². The summed E-state index contributed by atoms with van der Waals surface area (Å²) in [6, 6.07) is 8.87. The zero-order chi connectivity index (χ0) is 15.2. The molecule has 0 atom stereocenters. The van der Waals surface area contributed by atoms with Crippen molar-refractivity contribution >= 4 is 11.8 Å². The lowest BCUT2D eigenvalue weighted by Gasteiger charge is -2.21. The van der Waals surface area contributed by atoms with Crippen molar-refractivity contribution in [1.29, 1.82) is 0 Å². The third kappa shape index (κ3) is 3.88. The quantitative estimate of drug-likeness (QED) is 0.870. The van der Waals surface area contributed by atoms with E-state index in [1.807, 2.05) is 6.07 Å². The molecule has 0 spiro atoms. The lowest BCUT2D eigenvalue weighted by Crippen LogP contribution is -2.39. The summed E-state index contributed by atoms with van der Waals surface area (Å²) in [5.74, 6) is 0.248. The molecule has 0 aliphatic heterocycles. The number of nitrogens with one attached hydrogen (secondary N) is 1. The van der Waals surface area contributed by atoms with Gasteiger partial charge in [-0.05, 0) is 12.1 Å². The number of aromatic amines is 1. The maximum atomic E-state index is 12.1. The molecule has 0 fully saturated rings. The number of nitrogens with zero attached hydrogens (tertiary/aromatic N) is 4. The monoisotopic (exact) mass is 287 g/mol. The van der Waals surface area contributed by atoms with Gasteiger partial charge in [0.2, 0.25) is 5.91 Å². The average molecular weight is 287 g/mol. The smallest absolute Gasteiger partial charge is 0.254 e. The van der Waals surface area contributed by atoms with E-state index in [4.69, 9.17) is 0 Å². The summed E-state index contributed by atoms with van der Waals surface area (Å²) >= 11 is 0. The molecule has 110 valence electrons. The fourth-order valence-corrected chi connectivity index (χ4v) is 1.82. The second-order valence-electron chi connectivity index (χ2n) is 4.71. The van der Waals surface area contributed by atoms with Crippen LogP contribution in [0.1, 0.15) is 16.2 Å². The number of H-pyrrole nitrogens is 1. The van der Waals surface area contributed by atoms with Crippen molar-refractivity contribution in [2.75, 3.05) is 20.6 Å². The van der Waals surface area contributed by atoms with Crippen LogP contribution >= 0.6 is 0 Å². The number of hydrogen-bond donors (Lipinski definition) is 1. The molecule has 0 aliphatic carbocycles. The molecule has 2 amide bonds. The van der Waals surface area contributed by atoms with Crippen LogP contribution in [0, 0.1) is 0 Å². The minimum Gasteiger partial charge on any atom is -0.337 e. The molecule has 7 nitrogen and oxygen atoms in total. The normalized spacial score (nSPS) is 10.2. The van der Waals surface area contributed by atoms with Gasteiger partial charge < -0.3 is 9.80 Å². The van der Waals surface area contributed by atoms with Crippen molar-refractivity contribution < 1.29 is 9.59 Å². The molecule has 1 aromatic carbocycles. The SMILES string of the molecule is CN(Cc1ncn[nH]1)C(=O)CN(C)C(=O)c1ccccc1. The van der Waals surface area contributed by atoms with Gasteiger partial charge in [0.15, 0.2) is 0 Å². The number of amides is 2. The van der Waals surface area contributed by atoms with Crippen LogP contribution < -0.4 is 0 Å². The Morgan fingerprint density at radius 3 is 2.48 bits per heavy atom. The Bertz CT molecular complexity index is 597. The molecule has 0 aliphatic rings. The summed E-state index contributed by atoms with van der Waals surface area (Å²) in [7, 11) is 3.27. The maximum Gasteiger partial charge on any atom is 0.254 e. The molecular formula is C14H17N5O2. The predicted molar refractivity (Wildman–Crippen MR) is 76.3 cm³/mol. The molecule has 1 heterocycles. The fourth-order valence-electron chi connectivity index (χ4n) is 1.82. The van der Waals surface area contributed by atoms with Crippen LogP contribution in [-0.2, 0) is 11.3 Å². The van der Waals surface area contributed by atoms with E-state index in [0.29, 0.717) is 17.9 Å². The molecule has 2 aromatic rings. The molecule has 0 saturated heterocycles. The summed E-state index contributed by atoms with van der Waals surface area (Å²) in [4.78, 5) is 31.1. The summed E-state index contributed by atoms with van der Waals surface area (Å²) in [6.45, 7) is 0.338. The second-order valence-corrected chi connectivity index (χ2v) is 4.71. The van der Waals surface area contributed by atoms with Crippen LogP contribution in [0.25, 0.3) is 0 Å². The second kappa shape index (κ2) is 6.65. The zero-order valence-corrected chi connectivity index (χ0v) is 12.0. The third-order valence-electron chi connectivity index (χ3n) is 3.02. The molecule has 0 radical (unpaired) electrons. The minimum absolute atomic E-state index is 0.0123. The van der Waals surface area contributed by atoms with Crippen LogP contribution in [0.2, 0.25) is 0 Å². The molecule has 0 bridgehead atoms. The van der Waals surface area contributed by atoms with E-state index in [0.717, 1.165) is 0 Å². The fraction of sp³-hybridized carbons (Fsp3) is 0.286. The van der Waals surface area contributed by atoms with Crippen molar-refractivity contribution in [2.24, 2.45) is 0 Å². The van der Waals surface area contributed by atoms with Crippen molar-refractivity contribution in [2.45, 2.75) is 6.54 Å². The Morgan fingerprint density at radius 1 is 1.14 bits per heavy atom. The van der Waals surface area contributed by atoms with E-state index < -0.39 is 0 Å². The van der Waals surface area contributed by atoms with Gasteiger partial charge in [-0.25, -0.2) is 4.98 Å². The van der Waals surface area contributed by atoms with Gasteiger partial charge in [0, 0.05) is 19.7 Å². The largest absolute Gasteiger partial charge is 0.337 e. The highest BCUT2D eigenvalue weighted by Gasteiger charge is 2.17. The predicted octanol–water partition coefficient (Wildman–Crippen LogP) is 0.535. The van der Waals surface area contributed by atoms with Gasteiger partial charge in [0.25, 0.3) is 5.91 Å². The molecule has 1 N–H and O–H groups in total. The van der Waals surface area contributed by atoms with Crippen molar-refractivity contribution in [1.82, 2.24) is 25.0 Å². The first-order valence-electron chi connectivity index (χ1n) is 6.46. The van der Waals surface area contributed by atoms with Crippen molar-refractivity contribution in [3.63, 3.8) is 0 Å². The van der Waals surface area contributed by atoms with Gasteiger partial charge in [0.05, 0.1) is 13.1 Å². The Hall–Kier alpha value is -2.70. The minimum atomic E-state index is -0.183. The van der Waals surface area contributed by atoms with Crippen LogP contribution in [0.3, 0.4) is 0 Å². The van der Waals surface area contributed by atoms with Crippen LogP contribution in [0.5, 0.6) is 0 Å². The van der Waals surface area contributed by atoms with Gasteiger partial charge in [-0.1, -0.05) is 18.2 Å². The Morgan fingerprint density at radius 2 is 1.86 bits per heavy atom. The highest BCUT2D eigenvalue weighted by Crippen LogP contribution is 2.04. The van der Waals surface area contributed by atoms with Gasteiger partial charge in [-0.15, -0.1) is 0 Å². The summed E-state index contributed by atoms with van der Waals surface area (Å²) < 4.78 is 0. The number of aromatic nitrogens is 3. The van der Waals surface area contributed by atoms with E-state index in [-0.39, 0.29) is 18.4 Å². The lowest BCUT2D eigenvalue weighted by atomic mass is 10.2. The van der Waals surface area contributed by atoms with Crippen LogP contribution in [0.15, 0.2) is 36.7 Å². The molecule has 1 aromatic heterocycles. The molecule has 0 saturated carbocycles. The zero-order valence-electron chi connectivity index (χ0n) is 12.0. The molecule has 21 heavy (non-hydrogen) atoms. The Balaban J connectivity index is 1.91. The van der Waals surface area contributed by atoms with Crippen LogP contribution in [-0.4, -0.2) is 57.4 Å². The van der Waals surface area contributed by atoms with Crippen molar-refractivity contribution in [3.05, 3.63) is 48.0 Å². The van der Waals surface area contributed by atoms with Crippen LogP contribution in [0.4, 0.5) is 0 Å². The number of benzene rings is 1. The Labute approximate surface area is 122 Å². The van der Waals surface area contributed by atoms with Gasteiger partial charge in [-0.3, -0.25) is 14.7 Å². The Kier molecular flexibility index (Phi) is 4.65. The standard InChI is InChI=1S/C14H17N5O2/c1-18(8-12-15-10-16-17-12)13(20)9-19(2)14(21)11-6-4-3-5-7-11/h3-7,10H,8-9H2,1-2H3,(H,15,16,17). The van der Waals surface area contributed by atoms with Gasteiger partial charge in [0.1, 0.15) is 12.2 Å². The maximum absolute atomic E-state index is 12.1. The summed E-state index contributed by atoms with van der Waals surface area (Å²) in [5.41, 5.74) is 0.561. The van der Waals surface area contributed by atoms with Crippen molar-refractivity contribution in [3.8, 4) is 0 Å². The highest BCUT2D eigenvalue weighted by atomic mass is 16.2. The average Bonchev–Trinajstić information content (AvgIpc) is 3.00. The first-order valence-corrected chi connectivity index (χ1v) is 6.46. The highest BCUT2D eigenvalue weighted by molar-refractivity contribution is 5.96. The van der Waals surface area contributed by atoms with E-state index >= 15 is 0 Å². The van der Waals surface area contributed by atoms with Gasteiger partial charge in [-0.2, -0.15) is 5.10 Å². The summed E-state index contributed by atoms with van der Waals surface area (Å²) in [6.07, 6.45) is 1.39.